The number of hydrogen-bond donors (Lipinski definition) is 1. The molecule has 3 aromatic heterocycles. The minimum atomic E-state index is 0.0637. The second-order valence-corrected chi connectivity index (χ2v) is 5.81. The highest BCUT2D eigenvalue weighted by molar-refractivity contribution is 5.84. The molecule has 0 aliphatic carbocycles. The van der Waals surface area contributed by atoms with Crippen LogP contribution in [0, 0.1) is 0 Å². The van der Waals surface area contributed by atoms with Gasteiger partial charge in [-0.2, -0.15) is 10.2 Å². The first-order chi connectivity index (χ1) is 11.2. The molecule has 0 atom stereocenters. The fraction of sp³-hybridized carbons (Fsp3) is 0.312. The smallest absolute Gasteiger partial charge is 0.239 e. The molecule has 1 aliphatic heterocycles. The van der Waals surface area contributed by atoms with Crippen molar-refractivity contribution in [1.29, 1.82) is 0 Å². The maximum atomic E-state index is 11.8. The van der Waals surface area contributed by atoms with Crippen LogP contribution in [0.5, 0.6) is 0 Å². The molecular formula is C16H18N6O. The van der Waals surface area contributed by atoms with Gasteiger partial charge in [-0.1, -0.05) is 6.07 Å². The van der Waals surface area contributed by atoms with E-state index < -0.39 is 0 Å². The molecule has 0 aromatic carbocycles. The van der Waals surface area contributed by atoms with Gasteiger partial charge in [0.25, 0.3) is 0 Å². The summed E-state index contributed by atoms with van der Waals surface area (Å²) >= 11 is 0. The highest BCUT2D eigenvalue weighted by atomic mass is 16.2. The SMILES string of the molecule is Cn1cc(-c2ccc3c(N4CCCNC(=O)C4)cnn3c2)cn1. The standard InChI is InChI=1S/C16H18N6O/c1-20-9-13(7-18-20)12-3-4-14-15(8-19-22(14)10-12)21-6-2-5-17-16(23)11-21/h3-4,7-10H,2,5-6,11H2,1H3,(H,17,23). The van der Waals surface area contributed by atoms with Crippen molar-refractivity contribution in [1.82, 2.24) is 24.7 Å². The van der Waals surface area contributed by atoms with Crippen molar-refractivity contribution >= 4 is 17.1 Å². The first-order valence-electron chi connectivity index (χ1n) is 7.69. The van der Waals surface area contributed by atoms with Crippen LogP contribution >= 0.6 is 0 Å². The Hall–Kier alpha value is -2.83. The van der Waals surface area contributed by atoms with Gasteiger partial charge in [0.2, 0.25) is 5.91 Å². The molecule has 1 aliphatic rings. The maximum Gasteiger partial charge on any atom is 0.239 e. The van der Waals surface area contributed by atoms with Gasteiger partial charge in [0, 0.05) is 43.7 Å². The number of amides is 1. The van der Waals surface area contributed by atoms with Crippen molar-refractivity contribution in [3.8, 4) is 11.1 Å². The molecule has 3 aromatic rings. The number of pyridine rings is 1. The molecule has 0 radical (unpaired) electrons. The Bertz CT molecular complexity index is 864. The normalized spacial score (nSPS) is 15.7. The molecule has 0 saturated carbocycles. The molecule has 7 nitrogen and oxygen atoms in total. The molecule has 1 saturated heterocycles. The van der Waals surface area contributed by atoms with Crippen molar-refractivity contribution in [2.24, 2.45) is 7.05 Å². The third-order valence-corrected chi connectivity index (χ3v) is 4.14. The van der Waals surface area contributed by atoms with Crippen molar-refractivity contribution in [3.05, 3.63) is 36.9 Å². The number of hydrogen-bond acceptors (Lipinski definition) is 4. The molecule has 0 bridgehead atoms. The van der Waals surface area contributed by atoms with Crippen LogP contribution in [0.3, 0.4) is 0 Å². The van der Waals surface area contributed by atoms with Gasteiger partial charge in [0.15, 0.2) is 0 Å². The van der Waals surface area contributed by atoms with Gasteiger partial charge in [-0.05, 0) is 12.5 Å². The van der Waals surface area contributed by atoms with Crippen LogP contribution < -0.4 is 10.2 Å². The molecule has 0 unspecified atom stereocenters. The summed E-state index contributed by atoms with van der Waals surface area (Å²) in [5.74, 6) is 0.0637. The summed E-state index contributed by atoms with van der Waals surface area (Å²) in [4.78, 5) is 13.9. The van der Waals surface area contributed by atoms with Crippen molar-refractivity contribution < 1.29 is 4.79 Å². The van der Waals surface area contributed by atoms with E-state index in [1.54, 1.807) is 4.68 Å². The molecule has 1 amide bonds. The summed E-state index contributed by atoms with van der Waals surface area (Å²) in [5.41, 5.74) is 4.13. The topological polar surface area (TPSA) is 67.5 Å². The lowest BCUT2D eigenvalue weighted by Gasteiger charge is -2.19. The lowest BCUT2D eigenvalue weighted by molar-refractivity contribution is -0.119. The Labute approximate surface area is 133 Å². The summed E-state index contributed by atoms with van der Waals surface area (Å²) in [6.07, 6.45) is 8.58. The minimum Gasteiger partial charge on any atom is -0.359 e. The molecule has 118 valence electrons. The highest BCUT2D eigenvalue weighted by Crippen LogP contribution is 2.25. The summed E-state index contributed by atoms with van der Waals surface area (Å²) in [7, 11) is 1.90. The average molecular weight is 310 g/mol. The number of fused-ring (bicyclic) bond motifs is 1. The number of aromatic nitrogens is 4. The van der Waals surface area contributed by atoms with E-state index in [-0.39, 0.29) is 5.91 Å². The first kappa shape index (κ1) is 13.8. The zero-order valence-electron chi connectivity index (χ0n) is 12.9. The van der Waals surface area contributed by atoms with E-state index in [0.717, 1.165) is 41.8 Å². The van der Waals surface area contributed by atoms with E-state index in [9.17, 15) is 4.79 Å². The van der Waals surface area contributed by atoms with E-state index in [1.807, 2.05) is 42.4 Å². The fourth-order valence-corrected chi connectivity index (χ4v) is 2.97. The lowest BCUT2D eigenvalue weighted by atomic mass is 10.1. The predicted molar refractivity (Wildman–Crippen MR) is 87.2 cm³/mol. The van der Waals surface area contributed by atoms with Crippen LogP contribution in [0.1, 0.15) is 6.42 Å². The van der Waals surface area contributed by atoms with Crippen molar-refractivity contribution in [3.63, 3.8) is 0 Å². The number of carbonyl (C=O) groups excluding carboxylic acids is 1. The van der Waals surface area contributed by atoms with Crippen LogP contribution in [0.15, 0.2) is 36.9 Å². The van der Waals surface area contributed by atoms with Crippen LogP contribution in [-0.2, 0) is 11.8 Å². The van der Waals surface area contributed by atoms with E-state index in [4.69, 9.17) is 0 Å². The van der Waals surface area contributed by atoms with E-state index >= 15 is 0 Å². The number of aryl methyl sites for hydroxylation is 1. The number of carbonyl (C=O) groups is 1. The second-order valence-electron chi connectivity index (χ2n) is 5.81. The Morgan fingerprint density at radius 3 is 2.87 bits per heavy atom. The van der Waals surface area contributed by atoms with E-state index in [2.05, 4.69) is 26.5 Å². The third kappa shape index (κ3) is 2.54. The van der Waals surface area contributed by atoms with Gasteiger partial charge in [-0.3, -0.25) is 9.48 Å². The Balaban J connectivity index is 1.71. The monoisotopic (exact) mass is 310 g/mol. The number of nitrogens with one attached hydrogen (secondary N) is 1. The van der Waals surface area contributed by atoms with E-state index in [1.165, 1.54) is 0 Å². The summed E-state index contributed by atoms with van der Waals surface area (Å²) < 4.78 is 3.64. The predicted octanol–water partition coefficient (Wildman–Crippen LogP) is 1.06. The van der Waals surface area contributed by atoms with Crippen LogP contribution in [0.2, 0.25) is 0 Å². The first-order valence-corrected chi connectivity index (χ1v) is 7.69. The Morgan fingerprint density at radius 1 is 1.13 bits per heavy atom. The fourth-order valence-electron chi connectivity index (χ4n) is 2.97. The summed E-state index contributed by atoms with van der Waals surface area (Å²) in [6, 6.07) is 4.11. The number of nitrogens with zero attached hydrogens (tertiary/aromatic N) is 5. The molecule has 1 fully saturated rings. The summed E-state index contributed by atoms with van der Waals surface area (Å²) in [5, 5.41) is 11.6. The maximum absolute atomic E-state index is 11.8. The van der Waals surface area contributed by atoms with Gasteiger partial charge in [-0.15, -0.1) is 0 Å². The molecule has 1 N–H and O–H groups in total. The Kier molecular flexibility index (Phi) is 3.25. The average Bonchev–Trinajstić information content (AvgIpc) is 3.10. The van der Waals surface area contributed by atoms with Gasteiger partial charge in [0.05, 0.1) is 30.1 Å². The third-order valence-electron chi connectivity index (χ3n) is 4.14. The van der Waals surface area contributed by atoms with Gasteiger partial charge < -0.3 is 10.2 Å². The van der Waals surface area contributed by atoms with Gasteiger partial charge in [0.1, 0.15) is 0 Å². The van der Waals surface area contributed by atoms with Crippen LogP contribution in [-0.4, -0.2) is 44.9 Å². The molecule has 23 heavy (non-hydrogen) atoms. The molecular weight excluding hydrogens is 292 g/mol. The zero-order valence-corrected chi connectivity index (χ0v) is 12.9. The highest BCUT2D eigenvalue weighted by Gasteiger charge is 2.18. The van der Waals surface area contributed by atoms with E-state index in [0.29, 0.717) is 6.54 Å². The van der Waals surface area contributed by atoms with Crippen LogP contribution in [0.25, 0.3) is 16.6 Å². The molecule has 7 heteroatoms. The molecule has 4 rings (SSSR count). The molecule has 0 spiro atoms. The van der Waals surface area contributed by atoms with Gasteiger partial charge in [-0.25, -0.2) is 4.52 Å². The van der Waals surface area contributed by atoms with Crippen molar-refractivity contribution in [2.45, 2.75) is 6.42 Å². The largest absolute Gasteiger partial charge is 0.359 e. The van der Waals surface area contributed by atoms with Crippen LogP contribution in [0.4, 0.5) is 5.69 Å². The lowest BCUT2D eigenvalue weighted by Crippen LogP contribution is -2.32. The van der Waals surface area contributed by atoms with Crippen molar-refractivity contribution in [2.75, 3.05) is 24.5 Å². The second kappa shape index (κ2) is 5.42. The number of anilines is 1. The zero-order chi connectivity index (χ0) is 15.8. The quantitative estimate of drug-likeness (QED) is 0.768. The Morgan fingerprint density at radius 2 is 2.04 bits per heavy atom. The summed E-state index contributed by atoms with van der Waals surface area (Å²) in [6.45, 7) is 1.97. The molecule has 4 heterocycles. The minimum absolute atomic E-state index is 0.0637. The van der Waals surface area contributed by atoms with Gasteiger partial charge >= 0.3 is 0 Å². The number of rotatable bonds is 2.